The first-order chi connectivity index (χ1) is 9.89. The second-order valence-electron chi connectivity index (χ2n) is 5.29. The Morgan fingerprint density at radius 2 is 2.19 bits per heavy atom. The third kappa shape index (κ3) is 4.09. The van der Waals surface area contributed by atoms with Gasteiger partial charge in [0.25, 0.3) is 0 Å². The van der Waals surface area contributed by atoms with E-state index in [9.17, 15) is 9.59 Å². The van der Waals surface area contributed by atoms with Crippen molar-refractivity contribution in [3.63, 3.8) is 0 Å². The van der Waals surface area contributed by atoms with Crippen LogP contribution in [0.1, 0.15) is 30.1 Å². The van der Waals surface area contributed by atoms with Gasteiger partial charge < -0.3 is 20.5 Å². The zero-order valence-electron chi connectivity index (χ0n) is 11.6. The number of hydrogen-bond donors (Lipinski definition) is 3. The van der Waals surface area contributed by atoms with Gasteiger partial charge in [0.05, 0.1) is 23.4 Å². The van der Waals surface area contributed by atoms with Crippen molar-refractivity contribution in [2.45, 2.75) is 25.3 Å². The third-order valence-corrected chi connectivity index (χ3v) is 3.55. The number of carbonyl (C=O) groups excluding carboxylic acids is 1. The molecule has 1 unspecified atom stereocenters. The van der Waals surface area contributed by atoms with Crippen LogP contribution >= 0.6 is 11.6 Å². The van der Waals surface area contributed by atoms with Crippen LogP contribution in [-0.4, -0.2) is 35.9 Å². The molecule has 114 valence electrons. The van der Waals surface area contributed by atoms with E-state index >= 15 is 0 Å². The molecule has 1 saturated heterocycles. The number of carbonyl (C=O) groups is 2. The molecule has 0 saturated carbocycles. The lowest BCUT2D eigenvalue weighted by Crippen LogP contribution is -2.52. The highest BCUT2D eigenvalue weighted by molar-refractivity contribution is 6.31. The molecule has 1 heterocycles. The van der Waals surface area contributed by atoms with Gasteiger partial charge >= 0.3 is 12.0 Å². The van der Waals surface area contributed by atoms with E-state index in [1.54, 1.807) is 0 Å². The SMILES string of the molecule is CC1(NC(=O)Nc2ccc(Cl)cc2C(=O)O)CCCOC1. The molecule has 6 nitrogen and oxygen atoms in total. The van der Waals surface area contributed by atoms with Gasteiger partial charge in [-0.25, -0.2) is 9.59 Å². The van der Waals surface area contributed by atoms with Gasteiger partial charge in [0, 0.05) is 11.6 Å². The Labute approximate surface area is 127 Å². The number of rotatable bonds is 3. The van der Waals surface area contributed by atoms with Crippen LogP contribution in [0.4, 0.5) is 10.5 Å². The Bertz CT molecular complexity index is 556. The minimum atomic E-state index is -1.15. The molecule has 1 aliphatic heterocycles. The highest BCUT2D eigenvalue weighted by atomic mass is 35.5. The van der Waals surface area contributed by atoms with E-state index in [0.29, 0.717) is 18.2 Å². The van der Waals surface area contributed by atoms with Crippen molar-refractivity contribution >= 4 is 29.3 Å². The van der Waals surface area contributed by atoms with E-state index in [0.717, 1.165) is 12.8 Å². The minimum absolute atomic E-state index is 0.0531. The summed E-state index contributed by atoms with van der Waals surface area (Å²) in [6, 6.07) is 3.82. The smallest absolute Gasteiger partial charge is 0.337 e. The van der Waals surface area contributed by atoms with Crippen LogP contribution < -0.4 is 10.6 Å². The van der Waals surface area contributed by atoms with Crippen LogP contribution in [-0.2, 0) is 4.74 Å². The average molecular weight is 313 g/mol. The fraction of sp³-hybridized carbons (Fsp3) is 0.429. The van der Waals surface area contributed by atoms with Crippen LogP contribution in [0, 0.1) is 0 Å². The normalized spacial score (nSPS) is 21.6. The van der Waals surface area contributed by atoms with Crippen LogP contribution in [0.5, 0.6) is 0 Å². The Balaban J connectivity index is 2.07. The Kier molecular flexibility index (Phi) is 4.69. The van der Waals surface area contributed by atoms with Crippen molar-refractivity contribution in [1.29, 1.82) is 0 Å². The summed E-state index contributed by atoms with van der Waals surface area (Å²) in [7, 11) is 0. The number of anilines is 1. The maximum Gasteiger partial charge on any atom is 0.337 e. The van der Waals surface area contributed by atoms with Crippen molar-refractivity contribution in [3.8, 4) is 0 Å². The summed E-state index contributed by atoms with van der Waals surface area (Å²) in [6.45, 7) is 3.03. The zero-order valence-corrected chi connectivity index (χ0v) is 12.4. The van der Waals surface area contributed by atoms with Crippen molar-refractivity contribution < 1.29 is 19.4 Å². The van der Waals surface area contributed by atoms with Gasteiger partial charge in [0.2, 0.25) is 0 Å². The van der Waals surface area contributed by atoms with Crippen molar-refractivity contribution in [2.75, 3.05) is 18.5 Å². The number of halogens is 1. The topological polar surface area (TPSA) is 87.7 Å². The highest BCUT2D eigenvalue weighted by Crippen LogP contribution is 2.22. The van der Waals surface area contributed by atoms with Crippen LogP contribution in [0.3, 0.4) is 0 Å². The number of nitrogens with one attached hydrogen (secondary N) is 2. The monoisotopic (exact) mass is 312 g/mol. The lowest BCUT2D eigenvalue weighted by molar-refractivity contribution is 0.0342. The number of aromatic carboxylic acids is 1. The molecule has 0 spiro atoms. The molecule has 0 bridgehead atoms. The van der Waals surface area contributed by atoms with E-state index in [1.807, 2.05) is 6.92 Å². The van der Waals surface area contributed by atoms with Crippen molar-refractivity contribution in [3.05, 3.63) is 28.8 Å². The van der Waals surface area contributed by atoms with Crippen LogP contribution in [0.2, 0.25) is 5.02 Å². The fourth-order valence-electron chi connectivity index (χ4n) is 2.26. The summed E-state index contributed by atoms with van der Waals surface area (Å²) in [4.78, 5) is 23.2. The molecule has 0 aromatic heterocycles. The lowest BCUT2D eigenvalue weighted by Gasteiger charge is -2.34. The summed E-state index contributed by atoms with van der Waals surface area (Å²) in [5.41, 5.74) is -0.301. The number of benzene rings is 1. The van der Waals surface area contributed by atoms with E-state index in [2.05, 4.69) is 10.6 Å². The lowest BCUT2D eigenvalue weighted by atomic mass is 9.95. The van der Waals surface area contributed by atoms with Gasteiger partial charge in [-0.3, -0.25) is 0 Å². The molecule has 2 rings (SSSR count). The Morgan fingerprint density at radius 3 is 2.81 bits per heavy atom. The quantitative estimate of drug-likeness (QED) is 0.800. The van der Waals surface area contributed by atoms with E-state index in [1.165, 1.54) is 18.2 Å². The number of urea groups is 1. The Hall–Kier alpha value is -1.79. The number of carboxylic acid groups (broad SMARTS) is 1. The molecule has 1 aromatic rings. The molecule has 1 aliphatic rings. The predicted molar refractivity (Wildman–Crippen MR) is 79.0 cm³/mol. The number of carboxylic acids is 1. The van der Waals surface area contributed by atoms with Gasteiger partial charge in [-0.05, 0) is 38.0 Å². The largest absolute Gasteiger partial charge is 0.478 e. The molecule has 0 aliphatic carbocycles. The average Bonchev–Trinajstić information content (AvgIpc) is 2.40. The first-order valence-corrected chi connectivity index (χ1v) is 6.97. The summed E-state index contributed by atoms with van der Waals surface area (Å²) in [6.07, 6.45) is 1.69. The van der Waals surface area contributed by atoms with Crippen LogP contribution in [0.25, 0.3) is 0 Å². The maximum atomic E-state index is 12.0. The molecule has 0 radical (unpaired) electrons. The molecule has 21 heavy (non-hydrogen) atoms. The first-order valence-electron chi connectivity index (χ1n) is 6.59. The fourth-order valence-corrected chi connectivity index (χ4v) is 2.43. The number of hydrogen-bond acceptors (Lipinski definition) is 3. The van der Waals surface area contributed by atoms with Gasteiger partial charge in [0.1, 0.15) is 0 Å². The molecular formula is C14H17ClN2O4. The molecule has 7 heteroatoms. The minimum Gasteiger partial charge on any atom is -0.478 e. The number of ether oxygens (including phenoxy) is 1. The van der Waals surface area contributed by atoms with Gasteiger partial charge in [-0.2, -0.15) is 0 Å². The second-order valence-corrected chi connectivity index (χ2v) is 5.73. The summed E-state index contributed by atoms with van der Waals surface area (Å²) < 4.78 is 5.36. The van der Waals surface area contributed by atoms with Gasteiger partial charge in [-0.15, -0.1) is 0 Å². The van der Waals surface area contributed by atoms with Crippen LogP contribution in [0.15, 0.2) is 18.2 Å². The van der Waals surface area contributed by atoms with Crippen molar-refractivity contribution in [1.82, 2.24) is 5.32 Å². The zero-order chi connectivity index (χ0) is 15.5. The molecule has 1 aromatic carbocycles. The van der Waals surface area contributed by atoms with Gasteiger partial charge in [-0.1, -0.05) is 11.6 Å². The first kappa shape index (κ1) is 15.6. The van der Waals surface area contributed by atoms with E-state index < -0.39 is 17.5 Å². The second kappa shape index (κ2) is 6.32. The predicted octanol–water partition coefficient (Wildman–Crippen LogP) is 2.73. The highest BCUT2D eigenvalue weighted by Gasteiger charge is 2.29. The molecule has 2 amide bonds. The summed E-state index contributed by atoms with van der Waals surface area (Å²) in [5, 5.41) is 14.8. The summed E-state index contributed by atoms with van der Waals surface area (Å²) in [5.74, 6) is -1.15. The molecule has 3 N–H and O–H groups in total. The standard InChI is InChI=1S/C14H17ClN2O4/c1-14(5-2-6-21-8-14)17-13(20)16-11-4-3-9(15)7-10(11)12(18)19/h3-4,7H,2,5-6,8H2,1H3,(H,18,19)(H2,16,17,20). The number of amides is 2. The molecule has 1 atom stereocenters. The maximum absolute atomic E-state index is 12.0. The van der Waals surface area contributed by atoms with E-state index in [4.69, 9.17) is 21.4 Å². The van der Waals surface area contributed by atoms with Crippen molar-refractivity contribution in [2.24, 2.45) is 0 Å². The van der Waals surface area contributed by atoms with Gasteiger partial charge in [0.15, 0.2) is 0 Å². The van der Waals surface area contributed by atoms with E-state index in [-0.39, 0.29) is 11.3 Å². The Morgan fingerprint density at radius 1 is 1.43 bits per heavy atom. The summed E-state index contributed by atoms with van der Waals surface area (Å²) >= 11 is 5.77. The molecular weight excluding hydrogens is 296 g/mol. The third-order valence-electron chi connectivity index (χ3n) is 3.31. The molecule has 1 fully saturated rings.